The zero-order chi connectivity index (χ0) is 11.3. The molecule has 0 heterocycles. The number of rotatable bonds is 5. The Balaban J connectivity index is 2.87. The maximum Gasteiger partial charge on any atom is 0.147 e. The van der Waals surface area contributed by atoms with E-state index in [4.69, 9.17) is 4.74 Å². The van der Waals surface area contributed by atoms with Gasteiger partial charge in [-0.25, -0.2) is 0 Å². The second-order valence-electron chi connectivity index (χ2n) is 3.10. The first kappa shape index (κ1) is 13.0. The maximum absolute atomic E-state index is 5.51. The summed E-state index contributed by atoms with van der Waals surface area (Å²) in [5, 5.41) is 3.29. The minimum Gasteiger partial charge on any atom is -0.492 e. The summed E-state index contributed by atoms with van der Waals surface area (Å²) in [6.07, 6.45) is 0. The average Bonchev–Trinajstić information content (AvgIpc) is 2.20. The third kappa shape index (κ3) is 3.78. The highest BCUT2D eigenvalue weighted by molar-refractivity contribution is 9.11. The Morgan fingerprint density at radius 2 is 1.80 bits per heavy atom. The molecule has 0 fully saturated rings. The van der Waals surface area contributed by atoms with Crippen LogP contribution in [0.4, 0.5) is 0 Å². The van der Waals surface area contributed by atoms with Crippen molar-refractivity contribution in [3.05, 3.63) is 26.6 Å². The summed E-state index contributed by atoms with van der Waals surface area (Å²) in [7, 11) is 0. The van der Waals surface area contributed by atoms with E-state index in [1.54, 1.807) is 0 Å². The molecule has 0 saturated heterocycles. The van der Waals surface area contributed by atoms with Gasteiger partial charge in [0.1, 0.15) is 5.75 Å². The van der Waals surface area contributed by atoms with E-state index < -0.39 is 0 Å². The summed E-state index contributed by atoms with van der Waals surface area (Å²) in [6, 6.07) is 4.16. The zero-order valence-corrected chi connectivity index (χ0v) is 12.1. The van der Waals surface area contributed by atoms with Gasteiger partial charge in [-0.3, -0.25) is 0 Å². The van der Waals surface area contributed by atoms with Gasteiger partial charge in [-0.15, -0.1) is 0 Å². The Kier molecular flexibility index (Phi) is 5.64. The second-order valence-corrected chi connectivity index (χ2v) is 4.81. The number of hydrogen-bond donors (Lipinski definition) is 1. The normalized spacial score (nSPS) is 10.4. The van der Waals surface area contributed by atoms with Crippen LogP contribution in [-0.4, -0.2) is 13.2 Å². The topological polar surface area (TPSA) is 21.3 Å². The molecule has 0 radical (unpaired) electrons. The molecule has 15 heavy (non-hydrogen) atoms. The molecule has 0 saturated carbocycles. The van der Waals surface area contributed by atoms with E-state index in [0.717, 1.165) is 27.8 Å². The summed E-state index contributed by atoms with van der Waals surface area (Å²) in [5.74, 6) is 0.873. The number of nitrogens with one attached hydrogen (secondary N) is 1. The lowest BCUT2D eigenvalue weighted by atomic mass is 10.2. The molecule has 0 amide bonds. The van der Waals surface area contributed by atoms with Crippen LogP contribution in [0.5, 0.6) is 5.75 Å². The fraction of sp³-hybridized carbons (Fsp3) is 0.455. The van der Waals surface area contributed by atoms with Gasteiger partial charge in [-0.2, -0.15) is 0 Å². The largest absolute Gasteiger partial charge is 0.492 e. The summed E-state index contributed by atoms with van der Waals surface area (Å²) in [5.41, 5.74) is 1.24. The molecule has 0 spiro atoms. The highest BCUT2D eigenvalue weighted by Crippen LogP contribution is 2.34. The SMILES string of the molecule is CCNCc1cc(Br)c(OCC)c(Br)c1. The van der Waals surface area contributed by atoms with E-state index in [-0.39, 0.29) is 0 Å². The number of ether oxygens (including phenoxy) is 1. The first-order valence-electron chi connectivity index (χ1n) is 5.00. The van der Waals surface area contributed by atoms with Crippen molar-refractivity contribution in [2.45, 2.75) is 20.4 Å². The Bertz CT molecular complexity index is 305. The van der Waals surface area contributed by atoms with Gasteiger partial charge in [0, 0.05) is 6.54 Å². The maximum atomic E-state index is 5.51. The fourth-order valence-electron chi connectivity index (χ4n) is 1.27. The van der Waals surface area contributed by atoms with Crippen LogP contribution in [0.25, 0.3) is 0 Å². The van der Waals surface area contributed by atoms with Crippen molar-refractivity contribution < 1.29 is 4.74 Å². The summed E-state index contributed by atoms with van der Waals surface area (Å²) in [6.45, 7) is 6.59. The van der Waals surface area contributed by atoms with Gasteiger partial charge in [0.05, 0.1) is 15.6 Å². The zero-order valence-electron chi connectivity index (χ0n) is 8.94. The van der Waals surface area contributed by atoms with Crippen LogP contribution < -0.4 is 10.1 Å². The minimum atomic E-state index is 0.670. The third-order valence-corrected chi connectivity index (χ3v) is 3.10. The van der Waals surface area contributed by atoms with Crippen molar-refractivity contribution >= 4 is 31.9 Å². The van der Waals surface area contributed by atoms with Crippen LogP contribution in [0.2, 0.25) is 0 Å². The Morgan fingerprint density at radius 1 is 1.20 bits per heavy atom. The van der Waals surface area contributed by atoms with E-state index in [2.05, 4.69) is 56.2 Å². The smallest absolute Gasteiger partial charge is 0.147 e. The van der Waals surface area contributed by atoms with Crippen LogP contribution in [0.3, 0.4) is 0 Å². The van der Waals surface area contributed by atoms with Crippen LogP contribution in [-0.2, 0) is 6.54 Å². The molecule has 1 aromatic carbocycles. The van der Waals surface area contributed by atoms with Crippen LogP contribution in [0, 0.1) is 0 Å². The first-order chi connectivity index (χ1) is 7.19. The molecule has 0 aliphatic rings. The van der Waals surface area contributed by atoms with E-state index >= 15 is 0 Å². The summed E-state index contributed by atoms with van der Waals surface area (Å²) < 4.78 is 7.50. The number of halogens is 2. The van der Waals surface area contributed by atoms with Gasteiger partial charge in [0.25, 0.3) is 0 Å². The molecule has 0 unspecified atom stereocenters. The van der Waals surface area contributed by atoms with Gasteiger partial charge in [-0.05, 0) is 63.0 Å². The number of hydrogen-bond acceptors (Lipinski definition) is 2. The predicted octanol–water partition coefficient (Wildman–Crippen LogP) is 3.72. The van der Waals surface area contributed by atoms with Gasteiger partial charge < -0.3 is 10.1 Å². The molecular formula is C11H15Br2NO. The van der Waals surface area contributed by atoms with Crippen molar-refractivity contribution in [2.75, 3.05) is 13.2 Å². The van der Waals surface area contributed by atoms with Crippen LogP contribution in [0.1, 0.15) is 19.4 Å². The minimum absolute atomic E-state index is 0.670. The fourth-order valence-corrected chi connectivity index (χ4v) is 2.78. The van der Waals surface area contributed by atoms with E-state index in [0.29, 0.717) is 6.61 Å². The average molecular weight is 337 g/mol. The molecule has 0 aliphatic carbocycles. The van der Waals surface area contributed by atoms with Crippen molar-refractivity contribution in [3.8, 4) is 5.75 Å². The van der Waals surface area contributed by atoms with Crippen molar-refractivity contribution in [2.24, 2.45) is 0 Å². The Labute approximate surface area is 108 Å². The molecule has 0 atom stereocenters. The number of benzene rings is 1. The summed E-state index contributed by atoms with van der Waals surface area (Å²) >= 11 is 7.02. The van der Waals surface area contributed by atoms with E-state index in [9.17, 15) is 0 Å². The van der Waals surface area contributed by atoms with Gasteiger partial charge in [0.2, 0.25) is 0 Å². The second kappa shape index (κ2) is 6.51. The lowest BCUT2D eigenvalue weighted by molar-refractivity contribution is 0.336. The first-order valence-corrected chi connectivity index (χ1v) is 6.59. The summed E-state index contributed by atoms with van der Waals surface area (Å²) in [4.78, 5) is 0. The molecule has 2 nitrogen and oxygen atoms in total. The van der Waals surface area contributed by atoms with Crippen molar-refractivity contribution in [3.63, 3.8) is 0 Å². The Hall–Kier alpha value is -0.0600. The van der Waals surface area contributed by atoms with E-state index in [1.807, 2.05) is 6.92 Å². The van der Waals surface area contributed by atoms with E-state index in [1.165, 1.54) is 5.56 Å². The predicted molar refractivity (Wildman–Crippen MR) is 70.4 cm³/mol. The van der Waals surface area contributed by atoms with Gasteiger partial charge in [-0.1, -0.05) is 6.92 Å². The Morgan fingerprint density at radius 3 is 2.27 bits per heavy atom. The lowest BCUT2D eigenvalue weighted by Crippen LogP contribution is -2.11. The monoisotopic (exact) mass is 335 g/mol. The molecule has 0 aliphatic heterocycles. The van der Waals surface area contributed by atoms with Crippen LogP contribution >= 0.6 is 31.9 Å². The van der Waals surface area contributed by atoms with Crippen molar-refractivity contribution in [1.29, 1.82) is 0 Å². The molecule has 4 heteroatoms. The molecule has 1 aromatic rings. The highest BCUT2D eigenvalue weighted by atomic mass is 79.9. The highest BCUT2D eigenvalue weighted by Gasteiger charge is 2.07. The van der Waals surface area contributed by atoms with Crippen molar-refractivity contribution in [1.82, 2.24) is 5.32 Å². The molecule has 0 aromatic heterocycles. The quantitative estimate of drug-likeness (QED) is 0.884. The molecule has 84 valence electrons. The molecule has 1 rings (SSSR count). The van der Waals surface area contributed by atoms with Gasteiger partial charge in [0.15, 0.2) is 0 Å². The lowest BCUT2D eigenvalue weighted by Gasteiger charge is -2.11. The third-order valence-electron chi connectivity index (χ3n) is 1.93. The van der Waals surface area contributed by atoms with Gasteiger partial charge >= 0.3 is 0 Å². The van der Waals surface area contributed by atoms with Crippen LogP contribution in [0.15, 0.2) is 21.1 Å². The standard InChI is InChI=1S/C11H15Br2NO/c1-3-14-7-8-5-9(12)11(15-4-2)10(13)6-8/h5-6,14H,3-4,7H2,1-2H3. The molecule has 0 bridgehead atoms. The molecule has 1 N–H and O–H groups in total. The molecular weight excluding hydrogens is 322 g/mol.